The van der Waals surface area contributed by atoms with E-state index in [1.807, 2.05) is 97.1 Å². The number of benzene rings is 3. The van der Waals surface area contributed by atoms with E-state index in [1.54, 1.807) is 0 Å². The first-order valence-corrected chi connectivity index (χ1v) is 7.89. The first-order valence-electron chi connectivity index (χ1n) is 7.89. The van der Waals surface area contributed by atoms with E-state index in [2.05, 4.69) is 11.8 Å². The fourth-order valence-electron chi connectivity index (χ4n) is 2.39. The molecule has 1 N–H and O–H groups in total. The van der Waals surface area contributed by atoms with Gasteiger partial charge in [-0.05, 0) is 29.3 Å². The first-order chi connectivity index (χ1) is 11.8. The van der Waals surface area contributed by atoms with Crippen LogP contribution >= 0.6 is 0 Å². The standard InChI is InChI=1S/C23H18O/c24-23(21-14-8-3-9-15-21)22(18-20-12-6-2-7-13-20)17-16-19-10-4-1-5-11-19/h1-15,18,23-24H/b22-18+. The largest absolute Gasteiger partial charge is 0.383 e. The maximum atomic E-state index is 10.7. The van der Waals surface area contributed by atoms with Crippen LogP contribution in [0.15, 0.2) is 96.6 Å². The second-order valence-corrected chi connectivity index (χ2v) is 5.44. The molecule has 0 radical (unpaired) electrons. The molecule has 0 amide bonds. The van der Waals surface area contributed by atoms with Crippen molar-refractivity contribution < 1.29 is 5.11 Å². The molecule has 3 aromatic carbocycles. The summed E-state index contributed by atoms with van der Waals surface area (Å²) in [5, 5.41) is 10.7. The molecule has 0 aliphatic rings. The Bertz CT molecular complexity index is 853. The molecule has 0 fully saturated rings. The Labute approximate surface area is 142 Å². The van der Waals surface area contributed by atoms with Crippen molar-refractivity contribution in [3.63, 3.8) is 0 Å². The first kappa shape index (κ1) is 15.8. The Morgan fingerprint density at radius 3 is 1.92 bits per heavy atom. The van der Waals surface area contributed by atoms with Gasteiger partial charge in [0.05, 0.1) is 0 Å². The number of aliphatic hydroxyl groups is 1. The van der Waals surface area contributed by atoms with E-state index < -0.39 is 6.10 Å². The Morgan fingerprint density at radius 2 is 1.29 bits per heavy atom. The normalized spacial score (nSPS) is 12.1. The number of hydrogen-bond donors (Lipinski definition) is 1. The van der Waals surface area contributed by atoms with Crippen molar-refractivity contribution in [2.24, 2.45) is 0 Å². The highest BCUT2D eigenvalue weighted by atomic mass is 16.3. The number of aliphatic hydroxyl groups excluding tert-OH is 1. The Morgan fingerprint density at radius 1 is 0.750 bits per heavy atom. The Kier molecular flexibility index (Phi) is 5.24. The molecule has 3 rings (SSSR count). The van der Waals surface area contributed by atoms with E-state index in [1.165, 1.54) is 0 Å². The lowest BCUT2D eigenvalue weighted by Gasteiger charge is -2.11. The van der Waals surface area contributed by atoms with Gasteiger partial charge in [-0.1, -0.05) is 90.7 Å². The van der Waals surface area contributed by atoms with Gasteiger partial charge in [0.15, 0.2) is 0 Å². The third-order valence-electron chi connectivity index (χ3n) is 3.66. The smallest absolute Gasteiger partial charge is 0.112 e. The molecule has 24 heavy (non-hydrogen) atoms. The van der Waals surface area contributed by atoms with Crippen LogP contribution in [0.4, 0.5) is 0 Å². The molecular weight excluding hydrogens is 292 g/mol. The molecule has 116 valence electrons. The maximum absolute atomic E-state index is 10.7. The van der Waals surface area contributed by atoms with E-state index in [4.69, 9.17) is 0 Å². The van der Waals surface area contributed by atoms with Gasteiger partial charge in [-0.3, -0.25) is 0 Å². The zero-order valence-electron chi connectivity index (χ0n) is 13.3. The highest BCUT2D eigenvalue weighted by Crippen LogP contribution is 2.23. The lowest BCUT2D eigenvalue weighted by atomic mass is 9.99. The molecule has 0 spiro atoms. The predicted molar refractivity (Wildman–Crippen MR) is 99.1 cm³/mol. The monoisotopic (exact) mass is 310 g/mol. The summed E-state index contributed by atoms with van der Waals surface area (Å²) in [6, 6.07) is 29.3. The van der Waals surface area contributed by atoms with Crippen LogP contribution in [-0.4, -0.2) is 5.11 Å². The third kappa shape index (κ3) is 4.23. The molecule has 3 aromatic rings. The topological polar surface area (TPSA) is 20.2 Å². The summed E-state index contributed by atoms with van der Waals surface area (Å²) in [5.74, 6) is 6.28. The average molecular weight is 310 g/mol. The van der Waals surface area contributed by atoms with Crippen molar-refractivity contribution in [3.05, 3.63) is 113 Å². The fourth-order valence-corrected chi connectivity index (χ4v) is 2.39. The Hall–Kier alpha value is -3.08. The molecule has 1 nitrogen and oxygen atoms in total. The van der Waals surface area contributed by atoms with Crippen LogP contribution in [0.3, 0.4) is 0 Å². The molecule has 0 aliphatic heterocycles. The molecular formula is C23H18O. The van der Waals surface area contributed by atoms with Gasteiger partial charge >= 0.3 is 0 Å². The summed E-state index contributed by atoms with van der Waals surface area (Å²) in [7, 11) is 0. The highest BCUT2D eigenvalue weighted by molar-refractivity contribution is 5.61. The van der Waals surface area contributed by atoms with Crippen LogP contribution in [0, 0.1) is 11.8 Å². The van der Waals surface area contributed by atoms with E-state index in [-0.39, 0.29) is 0 Å². The molecule has 0 bridgehead atoms. The van der Waals surface area contributed by atoms with E-state index in [9.17, 15) is 5.11 Å². The molecule has 1 atom stereocenters. The molecule has 0 heterocycles. The molecule has 0 aliphatic carbocycles. The van der Waals surface area contributed by atoms with Crippen molar-refractivity contribution in [2.45, 2.75) is 6.10 Å². The van der Waals surface area contributed by atoms with Crippen LogP contribution in [0.2, 0.25) is 0 Å². The molecule has 0 aromatic heterocycles. The molecule has 1 heteroatoms. The molecule has 1 unspecified atom stereocenters. The van der Waals surface area contributed by atoms with Gasteiger partial charge in [0.2, 0.25) is 0 Å². The second kappa shape index (κ2) is 7.97. The van der Waals surface area contributed by atoms with Gasteiger partial charge in [-0.25, -0.2) is 0 Å². The van der Waals surface area contributed by atoms with Crippen molar-refractivity contribution >= 4 is 6.08 Å². The van der Waals surface area contributed by atoms with Crippen LogP contribution in [0.25, 0.3) is 6.08 Å². The third-order valence-corrected chi connectivity index (χ3v) is 3.66. The zero-order valence-corrected chi connectivity index (χ0v) is 13.3. The van der Waals surface area contributed by atoms with Crippen molar-refractivity contribution in [2.75, 3.05) is 0 Å². The van der Waals surface area contributed by atoms with Crippen LogP contribution in [0.5, 0.6) is 0 Å². The summed E-state index contributed by atoms with van der Waals surface area (Å²) in [4.78, 5) is 0. The minimum Gasteiger partial charge on any atom is -0.383 e. The van der Waals surface area contributed by atoms with Gasteiger partial charge in [0, 0.05) is 11.1 Å². The molecule has 0 saturated carbocycles. The van der Waals surface area contributed by atoms with E-state index in [0.717, 1.165) is 16.7 Å². The van der Waals surface area contributed by atoms with Crippen LogP contribution in [-0.2, 0) is 0 Å². The lowest BCUT2D eigenvalue weighted by Crippen LogP contribution is -2.00. The minimum absolute atomic E-state index is 0.677. The summed E-state index contributed by atoms with van der Waals surface area (Å²) < 4.78 is 0. The predicted octanol–water partition coefficient (Wildman–Crippen LogP) is 4.86. The van der Waals surface area contributed by atoms with Crippen LogP contribution in [0.1, 0.15) is 22.8 Å². The van der Waals surface area contributed by atoms with Gasteiger partial charge in [0.25, 0.3) is 0 Å². The van der Waals surface area contributed by atoms with E-state index >= 15 is 0 Å². The van der Waals surface area contributed by atoms with Gasteiger partial charge in [0.1, 0.15) is 6.10 Å². The van der Waals surface area contributed by atoms with Crippen molar-refractivity contribution in [1.29, 1.82) is 0 Å². The number of rotatable bonds is 3. The quantitative estimate of drug-likeness (QED) is 0.685. The van der Waals surface area contributed by atoms with Crippen molar-refractivity contribution in [3.8, 4) is 11.8 Å². The van der Waals surface area contributed by atoms with E-state index in [0.29, 0.717) is 5.57 Å². The second-order valence-electron chi connectivity index (χ2n) is 5.44. The summed E-state index contributed by atoms with van der Waals surface area (Å²) in [5.41, 5.74) is 3.46. The lowest BCUT2D eigenvalue weighted by molar-refractivity contribution is 0.222. The fraction of sp³-hybridized carbons (Fsp3) is 0.0435. The van der Waals surface area contributed by atoms with Crippen molar-refractivity contribution in [1.82, 2.24) is 0 Å². The minimum atomic E-state index is -0.748. The van der Waals surface area contributed by atoms with Gasteiger partial charge < -0.3 is 5.11 Å². The molecule has 0 saturated heterocycles. The summed E-state index contributed by atoms with van der Waals surface area (Å²) in [6.07, 6.45) is 1.19. The zero-order chi connectivity index (χ0) is 16.6. The highest BCUT2D eigenvalue weighted by Gasteiger charge is 2.11. The SMILES string of the molecule is OC(/C(C#Cc1ccccc1)=C/c1ccccc1)c1ccccc1. The Balaban J connectivity index is 1.98. The van der Waals surface area contributed by atoms with Gasteiger partial charge in [-0.15, -0.1) is 0 Å². The number of hydrogen-bond acceptors (Lipinski definition) is 1. The van der Waals surface area contributed by atoms with Gasteiger partial charge in [-0.2, -0.15) is 0 Å². The summed E-state index contributed by atoms with van der Waals surface area (Å²) in [6.45, 7) is 0. The maximum Gasteiger partial charge on any atom is 0.112 e. The summed E-state index contributed by atoms with van der Waals surface area (Å²) >= 11 is 0. The van der Waals surface area contributed by atoms with Crippen LogP contribution < -0.4 is 0 Å². The average Bonchev–Trinajstić information content (AvgIpc) is 2.67.